The zero-order chi connectivity index (χ0) is 29.8. The minimum Gasteiger partial charge on any atom is -0.459 e. The van der Waals surface area contributed by atoms with E-state index in [1.165, 1.54) is 24.6 Å². The van der Waals surface area contributed by atoms with Gasteiger partial charge in [-0.2, -0.15) is 0 Å². The third-order valence-corrected chi connectivity index (χ3v) is 6.59. The predicted molar refractivity (Wildman–Crippen MR) is 154 cm³/mol. The van der Waals surface area contributed by atoms with E-state index in [0.29, 0.717) is 23.4 Å². The first-order chi connectivity index (χ1) is 19.6. The molecule has 0 aromatic heterocycles. The van der Waals surface area contributed by atoms with Crippen molar-refractivity contribution in [2.45, 2.75) is 64.6 Å². The number of ketones is 1. The number of amides is 1. The van der Waals surface area contributed by atoms with E-state index in [4.69, 9.17) is 10.5 Å². The molecule has 0 radical (unpaired) electrons. The SMILES string of the molecule is CCc1cccc(CNCC(OC(=O)CCCC(=O)Nc2ccc(C(C)=O)cc2)C(N)Cc2cc(F)cc(F)c2)c1. The highest BCUT2D eigenvalue weighted by Gasteiger charge is 2.23. The maximum absolute atomic E-state index is 13.7. The van der Waals surface area contributed by atoms with E-state index in [1.807, 2.05) is 18.2 Å². The number of esters is 1. The molecule has 3 aromatic carbocycles. The Labute approximate surface area is 239 Å². The summed E-state index contributed by atoms with van der Waals surface area (Å²) in [5.41, 5.74) is 10.1. The zero-order valence-electron chi connectivity index (χ0n) is 23.4. The number of nitrogens with two attached hydrogens (primary N) is 1. The lowest BCUT2D eigenvalue weighted by molar-refractivity contribution is -0.150. The summed E-state index contributed by atoms with van der Waals surface area (Å²) in [6.45, 7) is 4.30. The number of aryl methyl sites for hydroxylation is 1. The van der Waals surface area contributed by atoms with E-state index < -0.39 is 29.7 Å². The van der Waals surface area contributed by atoms with Crippen LogP contribution in [0.5, 0.6) is 0 Å². The maximum atomic E-state index is 13.7. The van der Waals surface area contributed by atoms with Crippen molar-refractivity contribution in [3.05, 3.63) is 101 Å². The van der Waals surface area contributed by atoms with Gasteiger partial charge in [-0.05, 0) is 79.3 Å². The van der Waals surface area contributed by atoms with E-state index in [9.17, 15) is 23.2 Å². The minimum absolute atomic E-state index is 0.00689. The van der Waals surface area contributed by atoms with Crippen molar-refractivity contribution in [3.63, 3.8) is 0 Å². The lowest BCUT2D eigenvalue weighted by Gasteiger charge is -2.25. The molecule has 2 unspecified atom stereocenters. The molecule has 0 saturated carbocycles. The average molecular weight is 566 g/mol. The van der Waals surface area contributed by atoms with Gasteiger partial charge in [-0.1, -0.05) is 31.2 Å². The summed E-state index contributed by atoms with van der Waals surface area (Å²) in [6, 6.07) is 17.1. The van der Waals surface area contributed by atoms with E-state index in [0.717, 1.165) is 18.1 Å². The Morgan fingerprint density at radius 2 is 1.59 bits per heavy atom. The number of hydrogen-bond acceptors (Lipinski definition) is 6. The summed E-state index contributed by atoms with van der Waals surface area (Å²) < 4.78 is 33.1. The average Bonchev–Trinajstić information content (AvgIpc) is 2.92. The molecule has 41 heavy (non-hydrogen) atoms. The smallest absolute Gasteiger partial charge is 0.306 e. The van der Waals surface area contributed by atoms with Crippen molar-refractivity contribution >= 4 is 23.3 Å². The largest absolute Gasteiger partial charge is 0.459 e. The summed E-state index contributed by atoms with van der Waals surface area (Å²) in [5, 5.41) is 6.00. The number of nitrogens with one attached hydrogen (secondary N) is 2. The second kappa shape index (κ2) is 15.7. The van der Waals surface area contributed by atoms with Gasteiger partial charge in [0, 0.05) is 49.3 Å². The molecule has 0 aliphatic carbocycles. The Hall–Kier alpha value is -3.95. The third-order valence-electron chi connectivity index (χ3n) is 6.59. The quantitative estimate of drug-likeness (QED) is 0.175. The first-order valence-electron chi connectivity index (χ1n) is 13.7. The third kappa shape index (κ3) is 10.9. The number of hydrogen-bond donors (Lipinski definition) is 3. The molecule has 3 aromatic rings. The van der Waals surface area contributed by atoms with Gasteiger partial charge in [-0.25, -0.2) is 8.78 Å². The summed E-state index contributed by atoms with van der Waals surface area (Å²) in [4.78, 5) is 36.4. The van der Waals surface area contributed by atoms with E-state index >= 15 is 0 Å². The molecule has 0 spiro atoms. The maximum Gasteiger partial charge on any atom is 0.306 e. The highest BCUT2D eigenvalue weighted by atomic mass is 19.1. The number of halogens is 2. The van der Waals surface area contributed by atoms with Crippen LogP contribution in [0, 0.1) is 11.6 Å². The molecule has 2 atom stereocenters. The molecule has 0 bridgehead atoms. The number of Topliss-reactive ketones (excluding diaryl/α,β-unsaturated/α-hetero) is 1. The predicted octanol–water partition coefficient (Wildman–Crippen LogP) is 5.11. The second-order valence-electron chi connectivity index (χ2n) is 10.0. The molecule has 0 aliphatic rings. The molecule has 9 heteroatoms. The Kier molecular flexibility index (Phi) is 12.1. The number of carbonyl (C=O) groups excluding carboxylic acids is 3. The Balaban J connectivity index is 1.54. The molecule has 7 nitrogen and oxygen atoms in total. The summed E-state index contributed by atoms with van der Waals surface area (Å²) in [7, 11) is 0. The first kappa shape index (κ1) is 31.6. The number of ether oxygens (including phenoxy) is 1. The lowest BCUT2D eigenvalue weighted by Crippen LogP contribution is -2.46. The van der Waals surface area contributed by atoms with Crippen molar-refractivity contribution in [1.29, 1.82) is 0 Å². The molecule has 1 amide bonds. The normalized spacial score (nSPS) is 12.4. The summed E-state index contributed by atoms with van der Waals surface area (Å²) in [5.74, 6) is -2.27. The topological polar surface area (TPSA) is 111 Å². The summed E-state index contributed by atoms with van der Waals surface area (Å²) in [6.07, 6.45) is 0.585. The van der Waals surface area contributed by atoms with Gasteiger partial charge in [0.25, 0.3) is 0 Å². The molecule has 0 heterocycles. The van der Waals surface area contributed by atoms with Gasteiger partial charge in [-0.3, -0.25) is 14.4 Å². The van der Waals surface area contributed by atoms with Crippen LogP contribution in [-0.4, -0.2) is 36.4 Å². The molecular weight excluding hydrogens is 528 g/mol. The molecule has 0 aliphatic heterocycles. The van der Waals surface area contributed by atoms with Gasteiger partial charge in [0.1, 0.15) is 17.7 Å². The van der Waals surface area contributed by atoms with Crippen LogP contribution in [0.4, 0.5) is 14.5 Å². The van der Waals surface area contributed by atoms with Crippen LogP contribution < -0.4 is 16.4 Å². The zero-order valence-corrected chi connectivity index (χ0v) is 23.4. The van der Waals surface area contributed by atoms with Crippen molar-refractivity contribution in [2.75, 3.05) is 11.9 Å². The highest BCUT2D eigenvalue weighted by molar-refractivity contribution is 5.95. The molecule has 218 valence electrons. The Morgan fingerprint density at radius 1 is 0.902 bits per heavy atom. The number of rotatable bonds is 15. The van der Waals surface area contributed by atoms with Gasteiger partial charge in [0.05, 0.1) is 0 Å². The van der Waals surface area contributed by atoms with Gasteiger partial charge in [-0.15, -0.1) is 0 Å². The molecule has 3 rings (SSSR count). The number of carbonyl (C=O) groups is 3. The molecule has 4 N–H and O–H groups in total. The lowest BCUT2D eigenvalue weighted by atomic mass is 10.0. The minimum atomic E-state index is -0.767. The van der Waals surface area contributed by atoms with Crippen LogP contribution >= 0.6 is 0 Å². The fraction of sp³-hybridized carbons (Fsp3) is 0.344. The fourth-order valence-corrected chi connectivity index (χ4v) is 4.36. The van der Waals surface area contributed by atoms with Gasteiger partial charge < -0.3 is 21.1 Å². The van der Waals surface area contributed by atoms with Crippen LogP contribution in [0.15, 0.2) is 66.7 Å². The van der Waals surface area contributed by atoms with E-state index in [1.54, 1.807) is 24.3 Å². The monoisotopic (exact) mass is 565 g/mol. The van der Waals surface area contributed by atoms with Gasteiger partial charge in [0.15, 0.2) is 5.78 Å². The van der Waals surface area contributed by atoms with Crippen molar-refractivity contribution in [1.82, 2.24) is 5.32 Å². The second-order valence-corrected chi connectivity index (χ2v) is 10.0. The fourth-order valence-electron chi connectivity index (χ4n) is 4.36. The Morgan fingerprint density at radius 3 is 2.24 bits per heavy atom. The molecular formula is C32H37F2N3O4. The Bertz CT molecular complexity index is 1310. The molecule has 0 saturated heterocycles. The first-order valence-corrected chi connectivity index (χ1v) is 13.7. The highest BCUT2D eigenvalue weighted by Crippen LogP contribution is 2.14. The molecule has 0 fully saturated rings. The van der Waals surface area contributed by atoms with Crippen LogP contribution in [0.1, 0.15) is 60.2 Å². The van der Waals surface area contributed by atoms with Crippen LogP contribution in [-0.2, 0) is 33.7 Å². The van der Waals surface area contributed by atoms with Crippen LogP contribution in [0.25, 0.3) is 0 Å². The van der Waals surface area contributed by atoms with Crippen molar-refractivity contribution in [3.8, 4) is 0 Å². The number of benzene rings is 3. The van der Waals surface area contributed by atoms with Crippen LogP contribution in [0.2, 0.25) is 0 Å². The standard InChI is InChI=1S/C32H37F2N3O4/c1-3-22-6-4-7-23(14-22)19-36-20-30(29(35)17-24-15-26(33)18-27(34)16-24)41-32(40)9-5-8-31(39)37-28-12-10-25(11-13-28)21(2)38/h4,6-7,10-16,18,29-30,36H,3,5,8-9,17,19-20,35H2,1-2H3,(H,37,39). The summed E-state index contributed by atoms with van der Waals surface area (Å²) >= 11 is 0. The van der Waals surface area contributed by atoms with Gasteiger partial charge >= 0.3 is 5.97 Å². The van der Waals surface area contributed by atoms with E-state index in [2.05, 4.69) is 23.6 Å². The van der Waals surface area contributed by atoms with Crippen LogP contribution in [0.3, 0.4) is 0 Å². The number of anilines is 1. The van der Waals surface area contributed by atoms with E-state index in [-0.39, 0.29) is 43.9 Å². The van der Waals surface area contributed by atoms with Gasteiger partial charge in [0.2, 0.25) is 5.91 Å². The van der Waals surface area contributed by atoms with Crippen molar-refractivity contribution < 1.29 is 27.9 Å². The van der Waals surface area contributed by atoms with Crippen molar-refractivity contribution in [2.24, 2.45) is 5.73 Å².